The van der Waals surface area contributed by atoms with Crippen LogP contribution in [0.3, 0.4) is 0 Å². The second-order valence-electron chi connectivity index (χ2n) is 6.10. The van der Waals surface area contributed by atoms with Crippen molar-refractivity contribution in [3.63, 3.8) is 0 Å². The summed E-state index contributed by atoms with van der Waals surface area (Å²) in [6.07, 6.45) is 7.40. The molecule has 2 saturated heterocycles. The molecule has 0 aromatic carbocycles. The van der Waals surface area contributed by atoms with E-state index < -0.39 is 0 Å². The van der Waals surface area contributed by atoms with Crippen LogP contribution in [0.5, 0.6) is 0 Å². The molecule has 2 aliphatic rings. The Kier molecular flexibility index (Phi) is 6.27. The third-order valence-corrected chi connectivity index (χ3v) is 5.57. The van der Waals surface area contributed by atoms with Crippen LogP contribution in [0.2, 0.25) is 0 Å². The molecular weight excluding hydrogens is 290 g/mol. The normalized spacial score (nSPS) is 25.4. The van der Waals surface area contributed by atoms with Crippen LogP contribution in [0, 0.1) is 12.8 Å². The molecule has 1 aromatic rings. The van der Waals surface area contributed by atoms with Crippen LogP contribution < -0.4 is 5.32 Å². The third kappa shape index (κ3) is 4.17. The van der Waals surface area contributed by atoms with Gasteiger partial charge in [-0.05, 0) is 64.7 Å². The first-order chi connectivity index (χ1) is 9.31. The van der Waals surface area contributed by atoms with E-state index in [2.05, 4.69) is 22.1 Å². The van der Waals surface area contributed by atoms with Gasteiger partial charge in [0.2, 0.25) is 0 Å². The Labute approximate surface area is 132 Å². The maximum atomic E-state index is 4.57. The van der Waals surface area contributed by atoms with Gasteiger partial charge in [0.15, 0.2) is 0 Å². The molecule has 3 nitrogen and oxygen atoms in total. The van der Waals surface area contributed by atoms with Gasteiger partial charge in [-0.3, -0.25) is 0 Å². The van der Waals surface area contributed by atoms with Crippen molar-refractivity contribution in [3.05, 3.63) is 16.1 Å². The average Bonchev–Trinajstić information content (AvgIpc) is 2.87. The molecule has 20 heavy (non-hydrogen) atoms. The molecular formula is C15H26ClN3S. The zero-order valence-electron chi connectivity index (χ0n) is 12.3. The van der Waals surface area contributed by atoms with Crippen LogP contribution in [0.4, 0.5) is 0 Å². The number of likely N-dealkylation sites (tertiary alicyclic amines) is 1. The van der Waals surface area contributed by atoms with E-state index in [0.717, 1.165) is 11.8 Å². The van der Waals surface area contributed by atoms with Crippen molar-refractivity contribution in [1.29, 1.82) is 0 Å². The second-order valence-corrected chi connectivity index (χ2v) is 7.36. The standard InChI is InChI=1S/C15H25N3S.ClH/c1-12-9-17-15(19-12)14-4-7-18(8-5-14)11-13-3-2-6-16-10-13;/h9,13-14,16H,2-8,10-11H2,1H3;1H. The monoisotopic (exact) mass is 315 g/mol. The fourth-order valence-electron chi connectivity index (χ4n) is 3.37. The molecule has 2 fully saturated rings. The van der Waals surface area contributed by atoms with E-state index in [-0.39, 0.29) is 12.4 Å². The molecule has 114 valence electrons. The molecule has 0 radical (unpaired) electrons. The maximum absolute atomic E-state index is 4.57. The Bertz CT molecular complexity index is 396. The molecule has 0 bridgehead atoms. The summed E-state index contributed by atoms with van der Waals surface area (Å²) >= 11 is 1.89. The Hall–Kier alpha value is -0.160. The number of thiazole rings is 1. The van der Waals surface area contributed by atoms with E-state index in [0.29, 0.717) is 0 Å². The summed E-state index contributed by atoms with van der Waals surface area (Å²) in [4.78, 5) is 8.60. The molecule has 1 unspecified atom stereocenters. The highest BCUT2D eigenvalue weighted by molar-refractivity contribution is 7.11. The lowest BCUT2D eigenvalue weighted by molar-refractivity contribution is 0.169. The van der Waals surface area contributed by atoms with Crippen LogP contribution in [0.1, 0.15) is 41.5 Å². The van der Waals surface area contributed by atoms with Gasteiger partial charge in [-0.25, -0.2) is 4.98 Å². The molecule has 0 saturated carbocycles. The number of nitrogens with zero attached hydrogens (tertiary/aromatic N) is 2. The molecule has 1 N–H and O–H groups in total. The van der Waals surface area contributed by atoms with Gasteiger partial charge >= 0.3 is 0 Å². The lowest BCUT2D eigenvalue weighted by Gasteiger charge is -2.35. The van der Waals surface area contributed by atoms with Crippen molar-refractivity contribution in [3.8, 4) is 0 Å². The van der Waals surface area contributed by atoms with E-state index >= 15 is 0 Å². The minimum atomic E-state index is 0. The lowest BCUT2D eigenvalue weighted by atomic mass is 9.94. The van der Waals surface area contributed by atoms with Gasteiger partial charge in [-0.15, -0.1) is 23.7 Å². The summed E-state index contributed by atoms with van der Waals surface area (Å²) in [6, 6.07) is 0. The van der Waals surface area contributed by atoms with Gasteiger partial charge in [0.1, 0.15) is 0 Å². The third-order valence-electron chi connectivity index (χ3n) is 4.49. The zero-order valence-corrected chi connectivity index (χ0v) is 13.9. The Balaban J connectivity index is 0.00000147. The number of halogens is 1. The largest absolute Gasteiger partial charge is 0.316 e. The van der Waals surface area contributed by atoms with Gasteiger partial charge in [0.25, 0.3) is 0 Å². The molecule has 3 heterocycles. The number of hydrogen-bond donors (Lipinski definition) is 1. The lowest BCUT2D eigenvalue weighted by Crippen LogP contribution is -2.41. The molecule has 2 aliphatic heterocycles. The Morgan fingerprint density at radius 1 is 1.35 bits per heavy atom. The SMILES string of the molecule is Cc1cnc(C2CCN(CC3CCCNC3)CC2)s1.Cl. The van der Waals surface area contributed by atoms with Gasteiger partial charge in [0, 0.05) is 23.5 Å². The second kappa shape index (κ2) is 7.74. The number of rotatable bonds is 3. The molecule has 1 aromatic heterocycles. The average molecular weight is 316 g/mol. The topological polar surface area (TPSA) is 28.2 Å². The minimum absolute atomic E-state index is 0. The number of piperidine rings is 2. The number of hydrogen-bond acceptors (Lipinski definition) is 4. The highest BCUT2D eigenvalue weighted by atomic mass is 35.5. The summed E-state index contributed by atoms with van der Waals surface area (Å²) in [7, 11) is 0. The first-order valence-corrected chi connectivity index (χ1v) is 8.48. The van der Waals surface area contributed by atoms with Gasteiger partial charge in [-0.2, -0.15) is 0 Å². The van der Waals surface area contributed by atoms with E-state index in [4.69, 9.17) is 0 Å². The number of nitrogens with one attached hydrogen (secondary N) is 1. The first-order valence-electron chi connectivity index (χ1n) is 7.66. The van der Waals surface area contributed by atoms with E-state index in [9.17, 15) is 0 Å². The van der Waals surface area contributed by atoms with Crippen molar-refractivity contribution < 1.29 is 0 Å². The highest BCUT2D eigenvalue weighted by Gasteiger charge is 2.24. The van der Waals surface area contributed by atoms with Crippen molar-refractivity contribution in [2.45, 2.75) is 38.5 Å². The molecule has 0 spiro atoms. The van der Waals surface area contributed by atoms with Crippen molar-refractivity contribution in [2.75, 3.05) is 32.7 Å². The fourth-order valence-corrected chi connectivity index (χ4v) is 4.31. The quantitative estimate of drug-likeness (QED) is 0.929. The minimum Gasteiger partial charge on any atom is -0.316 e. The van der Waals surface area contributed by atoms with Crippen LogP contribution in [-0.4, -0.2) is 42.6 Å². The molecule has 3 rings (SSSR count). The smallest absolute Gasteiger partial charge is 0.0959 e. The van der Waals surface area contributed by atoms with Gasteiger partial charge in [0.05, 0.1) is 5.01 Å². The number of aromatic nitrogens is 1. The molecule has 0 aliphatic carbocycles. The van der Waals surface area contributed by atoms with Crippen molar-refractivity contribution >= 4 is 23.7 Å². The molecule has 1 atom stereocenters. The maximum Gasteiger partial charge on any atom is 0.0959 e. The van der Waals surface area contributed by atoms with Crippen LogP contribution in [0.15, 0.2) is 6.20 Å². The summed E-state index contributed by atoms with van der Waals surface area (Å²) in [6.45, 7) is 8.44. The Morgan fingerprint density at radius 2 is 2.15 bits per heavy atom. The van der Waals surface area contributed by atoms with Crippen LogP contribution in [0.25, 0.3) is 0 Å². The van der Waals surface area contributed by atoms with Crippen molar-refractivity contribution in [2.24, 2.45) is 5.92 Å². The van der Waals surface area contributed by atoms with E-state index in [1.54, 1.807) is 0 Å². The van der Waals surface area contributed by atoms with Gasteiger partial charge < -0.3 is 10.2 Å². The van der Waals surface area contributed by atoms with E-state index in [1.165, 1.54) is 68.3 Å². The fraction of sp³-hybridized carbons (Fsp3) is 0.800. The summed E-state index contributed by atoms with van der Waals surface area (Å²) < 4.78 is 0. The Morgan fingerprint density at radius 3 is 2.75 bits per heavy atom. The van der Waals surface area contributed by atoms with Gasteiger partial charge in [-0.1, -0.05) is 0 Å². The summed E-state index contributed by atoms with van der Waals surface area (Å²) in [5.74, 6) is 1.60. The predicted molar refractivity (Wildman–Crippen MR) is 88.1 cm³/mol. The summed E-state index contributed by atoms with van der Waals surface area (Å²) in [5.41, 5.74) is 0. The van der Waals surface area contributed by atoms with Crippen LogP contribution in [-0.2, 0) is 0 Å². The summed E-state index contributed by atoms with van der Waals surface area (Å²) in [5, 5.41) is 4.90. The predicted octanol–water partition coefficient (Wildman–Crippen LogP) is 3.05. The molecule has 0 amide bonds. The highest BCUT2D eigenvalue weighted by Crippen LogP contribution is 2.31. The molecule has 5 heteroatoms. The van der Waals surface area contributed by atoms with Crippen LogP contribution >= 0.6 is 23.7 Å². The van der Waals surface area contributed by atoms with E-state index in [1.807, 2.05) is 17.5 Å². The zero-order chi connectivity index (χ0) is 13.1. The first kappa shape index (κ1) is 16.2. The van der Waals surface area contributed by atoms with Crippen molar-refractivity contribution in [1.82, 2.24) is 15.2 Å². The number of aryl methyl sites for hydroxylation is 1.